The number of nitrogens with one attached hydrogen (secondary N) is 2. The molecule has 9 heteroatoms. The molecule has 0 fully saturated rings. The molecule has 0 saturated heterocycles. The summed E-state index contributed by atoms with van der Waals surface area (Å²) in [7, 11) is 0. The van der Waals surface area contributed by atoms with Gasteiger partial charge in [-0.15, -0.1) is 0 Å². The molecule has 100 valence electrons. The molecule has 4 N–H and O–H groups in total. The Labute approximate surface area is 117 Å². The highest BCUT2D eigenvalue weighted by atomic mass is 35.5. The number of imidazole rings is 1. The van der Waals surface area contributed by atoms with E-state index in [1.165, 1.54) is 12.5 Å². The van der Waals surface area contributed by atoms with Gasteiger partial charge in [-0.25, -0.2) is 9.97 Å². The van der Waals surface area contributed by atoms with Gasteiger partial charge in [-0.2, -0.15) is 9.97 Å². The number of anilines is 2. The topological polar surface area (TPSA) is 122 Å². The maximum Gasteiger partial charge on any atom is 0.278 e. The van der Waals surface area contributed by atoms with Crippen LogP contribution in [0.25, 0.3) is 11.2 Å². The summed E-state index contributed by atoms with van der Waals surface area (Å²) in [5, 5.41) is 2.64. The van der Waals surface area contributed by atoms with Crippen molar-refractivity contribution in [2.24, 2.45) is 0 Å². The van der Waals surface area contributed by atoms with Crippen molar-refractivity contribution in [3.05, 3.63) is 35.5 Å². The molecule has 0 aromatic carbocycles. The molecule has 0 unspecified atom stereocenters. The number of halogens is 1. The fourth-order valence-electron chi connectivity index (χ4n) is 1.62. The van der Waals surface area contributed by atoms with E-state index in [9.17, 15) is 4.79 Å². The van der Waals surface area contributed by atoms with Crippen molar-refractivity contribution >= 4 is 40.3 Å². The van der Waals surface area contributed by atoms with Crippen LogP contribution in [-0.4, -0.2) is 30.8 Å². The van der Waals surface area contributed by atoms with Crippen molar-refractivity contribution in [1.82, 2.24) is 24.9 Å². The number of aromatic nitrogens is 5. The predicted molar refractivity (Wildman–Crippen MR) is 73.3 cm³/mol. The number of carbonyl (C=O) groups excluding carboxylic acids is 1. The number of rotatable bonds is 2. The highest BCUT2D eigenvalue weighted by Crippen LogP contribution is 2.18. The van der Waals surface area contributed by atoms with E-state index in [0.29, 0.717) is 11.2 Å². The molecular formula is C11H8ClN7O. The van der Waals surface area contributed by atoms with Gasteiger partial charge in [0.05, 0.1) is 12.0 Å². The third kappa shape index (κ3) is 2.12. The maximum absolute atomic E-state index is 12.0. The number of nitrogens with two attached hydrogens (primary N) is 1. The van der Waals surface area contributed by atoms with Gasteiger partial charge < -0.3 is 10.7 Å². The number of aromatic amines is 1. The van der Waals surface area contributed by atoms with Crippen molar-refractivity contribution in [2.75, 3.05) is 11.1 Å². The Morgan fingerprint density at radius 2 is 2.20 bits per heavy atom. The first-order valence-corrected chi connectivity index (χ1v) is 5.91. The Morgan fingerprint density at radius 1 is 1.35 bits per heavy atom. The lowest BCUT2D eigenvalue weighted by Gasteiger charge is -2.05. The molecule has 3 rings (SSSR count). The Morgan fingerprint density at radius 3 is 3.00 bits per heavy atom. The molecule has 0 aliphatic heterocycles. The molecular weight excluding hydrogens is 282 g/mol. The fourth-order valence-corrected chi connectivity index (χ4v) is 1.84. The second kappa shape index (κ2) is 4.74. The average Bonchev–Trinajstić information content (AvgIpc) is 2.88. The third-order valence-electron chi connectivity index (χ3n) is 2.52. The average molecular weight is 290 g/mol. The number of nitrogen functional groups attached to an aromatic ring is 1. The summed E-state index contributed by atoms with van der Waals surface area (Å²) >= 11 is 5.95. The largest absolute Gasteiger partial charge is 0.397 e. The van der Waals surface area contributed by atoms with Gasteiger partial charge in [0, 0.05) is 6.20 Å². The summed E-state index contributed by atoms with van der Waals surface area (Å²) in [6.07, 6.45) is 2.91. The zero-order valence-electron chi connectivity index (χ0n) is 9.96. The molecule has 20 heavy (non-hydrogen) atoms. The van der Waals surface area contributed by atoms with Crippen LogP contribution in [0.5, 0.6) is 0 Å². The number of carbonyl (C=O) groups is 1. The predicted octanol–water partition coefficient (Wildman–Crippen LogP) is 1.24. The van der Waals surface area contributed by atoms with Crippen LogP contribution in [0.3, 0.4) is 0 Å². The van der Waals surface area contributed by atoms with Crippen molar-refractivity contribution in [1.29, 1.82) is 0 Å². The highest BCUT2D eigenvalue weighted by molar-refractivity contribution is 6.33. The minimum atomic E-state index is -0.519. The lowest BCUT2D eigenvalue weighted by atomic mass is 10.3. The first-order valence-electron chi connectivity index (χ1n) is 5.53. The number of pyridine rings is 1. The van der Waals surface area contributed by atoms with Gasteiger partial charge in [-0.3, -0.25) is 10.1 Å². The van der Waals surface area contributed by atoms with E-state index in [1.54, 1.807) is 12.1 Å². The number of amides is 1. The monoisotopic (exact) mass is 289 g/mol. The van der Waals surface area contributed by atoms with E-state index in [4.69, 9.17) is 17.3 Å². The molecule has 0 radical (unpaired) electrons. The normalized spacial score (nSPS) is 10.7. The fraction of sp³-hybridized carbons (Fsp3) is 0. The van der Waals surface area contributed by atoms with E-state index < -0.39 is 5.91 Å². The Bertz CT molecular complexity index is 800. The molecule has 8 nitrogen and oxygen atoms in total. The van der Waals surface area contributed by atoms with Gasteiger partial charge >= 0.3 is 0 Å². The van der Waals surface area contributed by atoms with Crippen LogP contribution in [0.4, 0.5) is 11.6 Å². The molecule has 0 spiro atoms. The minimum absolute atomic E-state index is 0.0321. The number of hydrogen-bond acceptors (Lipinski definition) is 6. The van der Waals surface area contributed by atoms with Crippen molar-refractivity contribution < 1.29 is 4.79 Å². The van der Waals surface area contributed by atoms with Gasteiger partial charge in [0.15, 0.2) is 16.5 Å². The first kappa shape index (κ1) is 12.3. The van der Waals surface area contributed by atoms with Crippen LogP contribution in [-0.2, 0) is 0 Å². The Kier molecular flexibility index (Phi) is 2.92. The van der Waals surface area contributed by atoms with Crippen LogP contribution < -0.4 is 11.1 Å². The lowest BCUT2D eigenvalue weighted by Crippen LogP contribution is -2.17. The van der Waals surface area contributed by atoms with Crippen molar-refractivity contribution in [3.8, 4) is 0 Å². The first-order chi connectivity index (χ1) is 9.65. The molecule has 0 saturated carbocycles. The van der Waals surface area contributed by atoms with Crippen LogP contribution in [0.2, 0.25) is 5.15 Å². The van der Waals surface area contributed by atoms with Gasteiger partial charge in [0.2, 0.25) is 5.95 Å². The molecule has 3 aromatic heterocycles. The van der Waals surface area contributed by atoms with E-state index in [0.717, 1.165) is 0 Å². The van der Waals surface area contributed by atoms with E-state index in [1.807, 2.05) is 0 Å². The number of hydrogen-bond donors (Lipinski definition) is 3. The maximum atomic E-state index is 12.0. The Hall–Kier alpha value is -2.74. The number of fused-ring (bicyclic) bond motifs is 1. The van der Waals surface area contributed by atoms with Crippen LogP contribution in [0.15, 0.2) is 24.7 Å². The van der Waals surface area contributed by atoms with Gasteiger partial charge in [0.1, 0.15) is 5.52 Å². The molecule has 0 aliphatic rings. The summed E-state index contributed by atoms with van der Waals surface area (Å²) in [4.78, 5) is 30.7. The summed E-state index contributed by atoms with van der Waals surface area (Å²) in [5.74, 6) is -0.487. The van der Waals surface area contributed by atoms with Crippen molar-refractivity contribution in [3.63, 3.8) is 0 Å². The van der Waals surface area contributed by atoms with Crippen LogP contribution in [0.1, 0.15) is 10.5 Å². The molecule has 0 bridgehead atoms. The van der Waals surface area contributed by atoms with Gasteiger partial charge in [0.25, 0.3) is 5.91 Å². The molecule has 0 aliphatic carbocycles. The summed E-state index contributed by atoms with van der Waals surface area (Å²) < 4.78 is 0. The number of H-pyrrole nitrogens is 1. The van der Waals surface area contributed by atoms with E-state index in [-0.39, 0.29) is 22.5 Å². The molecule has 0 atom stereocenters. The third-order valence-corrected chi connectivity index (χ3v) is 2.79. The zero-order valence-corrected chi connectivity index (χ0v) is 10.7. The van der Waals surface area contributed by atoms with Gasteiger partial charge in [-0.1, -0.05) is 11.6 Å². The van der Waals surface area contributed by atoms with Crippen molar-refractivity contribution in [2.45, 2.75) is 0 Å². The van der Waals surface area contributed by atoms with E-state index >= 15 is 0 Å². The summed E-state index contributed by atoms with van der Waals surface area (Å²) in [6, 6.07) is 3.21. The standard InChI is InChI=1S/C11H8ClN7O/c12-8-7-9(16-4-15-7)18-11(17-8)19-10(20)6-5(13)2-1-3-14-6/h1-4H,13H2,(H2,15,16,17,18,19,20). The van der Waals surface area contributed by atoms with Gasteiger partial charge in [-0.05, 0) is 12.1 Å². The highest BCUT2D eigenvalue weighted by Gasteiger charge is 2.14. The minimum Gasteiger partial charge on any atom is -0.397 e. The second-order valence-electron chi connectivity index (χ2n) is 3.83. The second-order valence-corrected chi connectivity index (χ2v) is 4.19. The lowest BCUT2D eigenvalue weighted by molar-refractivity contribution is 0.102. The summed E-state index contributed by atoms with van der Waals surface area (Å²) in [5.41, 5.74) is 6.88. The quantitative estimate of drug-likeness (QED) is 0.610. The molecule has 3 heterocycles. The van der Waals surface area contributed by atoms with Crippen LogP contribution in [0, 0.1) is 0 Å². The van der Waals surface area contributed by atoms with Crippen LogP contribution >= 0.6 is 11.6 Å². The number of nitrogens with zero attached hydrogens (tertiary/aromatic N) is 4. The molecule has 1 amide bonds. The zero-order chi connectivity index (χ0) is 14.1. The van der Waals surface area contributed by atoms with E-state index in [2.05, 4.69) is 30.2 Å². The SMILES string of the molecule is Nc1cccnc1C(=O)Nc1nc(Cl)c2[nH]cnc2n1. The molecule has 3 aromatic rings. The smallest absolute Gasteiger partial charge is 0.278 e. The summed E-state index contributed by atoms with van der Waals surface area (Å²) in [6.45, 7) is 0. The Balaban J connectivity index is 1.93.